The molecule has 0 radical (unpaired) electrons. The Kier molecular flexibility index (Phi) is 7.09. The first-order chi connectivity index (χ1) is 16.5. The second-order valence-corrected chi connectivity index (χ2v) is 8.78. The van der Waals surface area contributed by atoms with Crippen molar-refractivity contribution in [3.8, 4) is 22.9 Å². The van der Waals surface area contributed by atoms with Gasteiger partial charge in [0.05, 0.1) is 14.2 Å². The Morgan fingerprint density at radius 3 is 2.59 bits per heavy atom. The number of thiophene rings is 1. The Morgan fingerprint density at radius 2 is 1.85 bits per heavy atom. The quantitative estimate of drug-likeness (QED) is 0.285. The highest BCUT2D eigenvalue weighted by molar-refractivity contribution is 7.15. The molecule has 1 N–H and O–H groups in total. The third-order valence-electron chi connectivity index (χ3n) is 5.87. The molecule has 0 aliphatic heterocycles. The number of benzene rings is 2. The van der Waals surface area contributed by atoms with Gasteiger partial charge in [0.25, 0.3) is 5.91 Å². The second kappa shape index (κ2) is 10.4. The molecule has 7 heteroatoms. The van der Waals surface area contributed by atoms with Gasteiger partial charge in [0.1, 0.15) is 28.0 Å². The van der Waals surface area contributed by atoms with Gasteiger partial charge >= 0.3 is 5.97 Å². The van der Waals surface area contributed by atoms with E-state index in [1.807, 2.05) is 17.5 Å². The molecule has 0 spiro atoms. The molecule has 0 saturated heterocycles. The first-order valence-corrected chi connectivity index (χ1v) is 11.8. The molecule has 0 saturated carbocycles. The Balaban J connectivity index is 1.68. The zero-order valence-electron chi connectivity index (χ0n) is 19.0. The van der Waals surface area contributed by atoms with E-state index >= 15 is 0 Å². The highest BCUT2D eigenvalue weighted by Crippen LogP contribution is 2.38. The molecule has 172 valence electrons. The van der Waals surface area contributed by atoms with Crippen LogP contribution in [0.3, 0.4) is 0 Å². The third kappa shape index (κ3) is 4.73. The number of methoxy groups -OCH3 is 2. The Morgan fingerprint density at radius 1 is 1.09 bits per heavy atom. The van der Waals surface area contributed by atoms with Gasteiger partial charge in [-0.25, -0.2) is 4.79 Å². The van der Waals surface area contributed by atoms with Crippen LogP contribution in [0.15, 0.2) is 53.4 Å². The van der Waals surface area contributed by atoms with Crippen LogP contribution < -0.4 is 10.1 Å². The minimum atomic E-state index is -0.614. The van der Waals surface area contributed by atoms with Crippen LogP contribution in [0.5, 0.6) is 5.75 Å². The number of anilines is 1. The van der Waals surface area contributed by atoms with Crippen molar-refractivity contribution in [1.29, 1.82) is 5.26 Å². The van der Waals surface area contributed by atoms with Crippen molar-refractivity contribution in [2.24, 2.45) is 0 Å². The standard InChI is InChI=1S/C27H24N2O4S/c1-32-23-10-6-5-9-20(23)14-21(15-28)25(30)29-26-24(27(31)33-2)22(16-34-26)19-12-11-17-7-3-4-8-18(17)13-19/h5-6,9-14,16H,3-4,7-8H2,1-2H3,(H,29,30)/b21-14+. The van der Waals surface area contributed by atoms with Gasteiger partial charge in [-0.3, -0.25) is 4.79 Å². The zero-order chi connectivity index (χ0) is 24.1. The van der Waals surface area contributed by atoms with Crippen LogP contribution in [-0.2, 0) is 22.4 Å². The smallest absolute Gasteiger partial charge is 0.341 e. The summed E-state index contributed by atoms with van der Waals surface area (Å²) in [6.07, 6.45) is 5.90. The fourth-order valence-electron chi connectivity index (χ4n) is 4.13. The molecule has 1 aromatic heterocycles. The maximum Gasteiger partial charge on any atom is 0.341 e. The SMILES string of the molecule is COC(=O)c1c(-c2ccc3c(c2)CCCC3)csc1NC(=O)/C(C#N)=C/c1ccccc1OC. The molecule has 0 atom stereocenters. The molecule has 4 rings (SSSR count). The Labute approximate surface area is 202 Å². The lowest BCUT2D eigenvalue weighted by atomic mass is 9.89. The number of nitrogens with zero attached hydrogens (tertiary/aromatic N) is 1. The van der Waals surface area contributed by atoms with Crippen molar-refractivity contribution in [2.75, 3.05) is 19.5 Å². The fraction of sp³-hybridized carbons (Fsp3) is 0.222. The molecule has 0 fully saturated rings. The van der Waals surface area contributed by atoms with Crippen LogP contribution in [0.2, 0.25) is 0 Å². The summed E-state index contributed by atoms with van der Waals surface area (Å²) in [5.74, 6) is -0.613. The number of nitriles is 1. The maximum absolute atomic E-state index is 13.0. The molecule has 1 aliphatic rings. The molecule has 1 amide bonds. The Hall–Kier alpha value is -3.89. The van der Waals surface area contributed by atoms with Gasteiger partial charge in [0, 0.05) is 16.5 Å². The van der Waals surface area contributed by atoms with Gasteiger partial charge in [-0.05, 0) is 54.5 Å². The third-order valence-corrected chi connectivity index (χ3v) is 6.77. The predicted octanol–water partition coefficient (Wildman–Crippen LogP) is 5.63. The first kappa shape index (κ1) is 23.3. The minimum absolute atomic E-state index is 0.107. The van der Waals surface area contributed by atoms with Gasteiger partial charge in [0.2, 0.25) is 0 Å². The summed E-state index contributed by atoms with van der Waals surface area (Å²) >= 11 is 1.23. The van der Waals surface area contributed by atoms with Crippen molar-refractivity contribution in [1.82, 2.24) is 0 Å². The lowest BCUT2D eigenvalue weighted by molar-refractivity contribution is -0.112. The number of aryl methyl sites for hydroxylation is 2. The minimum Gasteiger partial charge on any atom is -0.496 e. The largest absolute Gasteiger partial charge is 0.496 e. The highest BCUT2D eigenvalue weighted by atomic mass is 32.1. The molecule has 0 bridgehead atoms. The number of para-hydroxylation sites is 1. The van der Waals surface area contributed by atoms with Gasteiger partial charge in [-0.2, -0.15) is 5.26 Å². The van der Waals surface area contributed by atoms with E-state index < -0.39 is 11.9 Å². The lowest BCUT2D eigenvalue weighted by Crippen LogP contribution is -2.15. The molecule has 1 aliphatic carbocycles. The summed E-state index contributed by atoms with van der Waals surface area (Å²) in [6, 6.07) is 15.3. The molecule has 34 heavy (non-hydrogen) atoms. The van der Waals surface area contributed by atoms with E-state index in [9.17, 15) is 14.9 Å². The predicted molar refractivity (Wildman–Crippen MR) is 133 cm³/mol. The number of rotatable bonds is 6. The van der Waals surface area contributed by atoms with E-state index in [4.69, 9.17) is 9.47 Å². The number of nitrogens with one attached hydrogen (secondary N) is 1. The molecule has 6 nitrogen and oxygen atoms in total. The zero-order valence-corrected chi connectivity index (χ0v) is 19.8. The molecular formula is C27H24N2O4S. The van der Waals surface area contributed by atoms with Gasteiger partial charge in [-0.15, -0.1) is 11.3 Å². The fourth-order valence-corrected chi connectivity index (χ4v) is 5.08. The van der Waals surface area contributed by atoms with E-state index in [1.165, 1.54) is 49.2 Å². The van der Waals surface area contributed by atoms with Crippen LogP contribution in [0.25, 0.3) is 17.2 Å². The number of fused-ring (bicyclic) bond motifs is 1. The number of carbonyl (C=O) groups is 2. The highest BCUT2D eigenvalue weighted by Gasteiger charge is 2.24. The van der Waals surface area contributed by atoms with Crippen molar-refractivity contribution in [2.45, 2.75) is 25.7 Å². The van der Waals surface area contributed by atoms with Crippen molar-refractivity contribution < 1.29 is 19.1 Å². The summed E-state index contributed by atoms with van der Waals surface area (Å²) < 4.78 is 10.3. The van der Waals surface area contributed by atoms with E-state index in [0.717, 1.165) is 24.8 Å². The van der Waals surface area contributed by atoms with E-state index in [2.05, 4.69) is 17.4 Å². The first-order valence-electron chi connectivity index (χ1n) is 10.9. The summed E-state index contributed by atoms with van der Waals surface area (Å²) in [5, 5.41) is 14.5. The van der Waals surface area contributed by atoms with Gasteiger partial charge in [-0.1, -0.05) is 36.4 Å². The molecule has 1 heterocycles. The number of ether oxygens (including phenoxy) is 2. The maximum atomic E-state index is 13.0. The van der Waals surface area contributed by atoms with Crippen LogP contribution in [0.4, 0.5) is 5.00 Å². The topological polar surface area (TPSA) is 88.4 Å². The molecular weight excluding hydrogens is 448 g/mol. The van der Waals surface area contributed by atoms with Gasteiger partial charge in [0.15, 0.2) is 0 Å². The summed E-state index contributed by atoms with van der Waals surface area (Å²) in [7, 11) is 2.83. The van der Waals surface area contributed by atoms with Crippen LogP contribution in [0, 0.1) is 11.3 Å². The number of amides is 1. The normalized spacial score (nSPS) is 12.9. The van der Waals surface area contributed by atoms with Crippen molar-refractivity contribution in [3.05, 3.63) is 75.7 Å². The number of esters is 1. The average Bonchev–Trinajstić information content (AvgIpc) is 3.29. The molecule has 3 aromatic rings. The van der Waals surface area contributed by atoms with E-state index in [1.54, 1.807) is 24.3 Å². The summed E-state index contributed by atoms with van der Waals surface area (Å²) in [5.41, 5.74) is 5.03. The van der Waals surface area contributed by atoms with Crippen LogP contribution in [-0.4, -0.2) is 26.1 Å². The second-order valence-electron chi connectivity index (χ2n) is 7.90. The number of hydrogen-bond donors (Lipinski definition) is 1. The van der Waals surface area contributed by atoms with Crippen molar-refractivity contribution >= 4 is 34.3 Å². The number of hydrogen-bond acceptors (Lipinski definition) is 6. The summed E-state index contributed by atoms with van der Waals surface area (Å²) in [6.45, 7) is 0. The van der Waals surface area contributed by atoms with Crippen molar-refractivity contribution in [3.63, 3.8) is 0 Å². The average molecular weight is 473 g/mol. The van der Waals surface area contributed by atoms with Crippen LogP contribution in [0.1, 0.15) is 39.9 Å². The monoisotopic (exact) mass is 472 g/mol. The molecule has 0 unspecified atom stereocenters. The lowest BCUT2D eigenvalue weighted by Gasteiger charge is -2.16. The molecule has 2 aromatic carbocycles. The summed E-state index contributed by atoms with van der Waals surface area (Å²) in [4.78, 5) is 25.7. The number of carbonyl (C=O) groups excluding carboxylic acids is 2. The Bertz CT molecular complexity index is 1320. The van der Waals surface area contributed by atoms with E-state index in [0.29, 0.717) is 21.9 Å². The van der Waals surface area contributed by atoms with Gasteiger partial charge < -0.3 is 14.8 Å². The van der Waals surface area contributed by atoms with Crippen LogP contribution >= 0.6 is 11.3 Å². The van der Waals surface area contributed by atoms with E-state index in [-0.39, 0.29) is 11.1 Å².